The van der Waals surface area contributed by atoms with Gasteiger partial charge in [0.15, 0.2) is 0 Å². The third kappa shape index (κ3) is 5.45. The largest absolute Gasteiger partial charge is 0.396 e. The average molecular weight is 276 g/mol. The van der Waals surface area contributed by atoms with Gasteiger partial charge in [-0.05, 0) is 36.6 Å². The van der Waals surface area contributed by atoms with Gasteiger partial charge in [0.1, 0.15) is 0 Å². The molecule has 0 aromatic heterocycles. The third-order valence-corrected chi connectivity index (χ3v) is 3.15. The van der Waals surface area contributed by atoms with E-state index in [0.717, 1.165) is 17.7 Å². The first-order chi connectivity index (χ1) is 9.56. The van der Waals surface area contributed by atoms with E-state index in [1.165, 1.54) is 6.08 Å². The fourth-order valence-corrected chi connectivity index (χ4v) is 1.84. The number of rotatable bonds is 7. The highest BCUT2D eigenvalue weighted by Crippen LogP contribution is 2.13. The minimum Gasteiger partial charge on any atom is -0.396 e. The van der Waals surface area contributed by atoms with Crippen LogP contribution in [0.2, 0.25) is 0 Å². The number of anilines is 1. The van der Waals surface area contributed by atoms with Crippen LogP contribution >= 0.6 is 0 Å². The van der Waals surface area contributed by atoms with Crippen LogP contribution in [0, 0.1) is 0 Å². The maximum Gasteiger partial charge on any atom is 0.244 e. The maximum atomic E-state index is 11.7. The molecule has 0 saturated carbocycles. The van der Waals surface area contributed by atoms with Gasteiger partial charge in [0, 0.05) is 38.5 Å². The van der Waals surface area contributed by atoms with Crippen LogP contribution < -0.4 is 10.2 Å². The second-order valence-corrected chi connectivity index (χ2v) is 4.95. The quantitative estimate of drug-likeness (QED) is 0.749. The lowest BCUT2D eigenvalue weighted by Gasteiger charge is -2.14. The molecule has 1 unspecified atom stereocenters. The van der Waals surface area contributed by atoms with Gasteiger partial charge in [0.25, 0.3) is 0 Å². The second kappa shape index (κ2) is 8.38. The van der Waals surface area contributed by atoms with Crippen LogP contribution in [0.3, 0.4) is 0 Å². The molecule has 0 fully saturated rings. The third-order valence-electron chi connectivity index (χ3n) is 3.15. The van der Waals surface area contributed by atoms with Gasteiger partial charge in [-0.2, -0.15) is 0 Å². The van der Waals surface area contributed by atoms with Crippen molar-refractivity contribution in [2.24, 2.45) is 0 Å². The van der Waals surface area contributed by atoms with Gasteiger partial charge in [-0.25, -0.2) is 0 Å². The second-order valence-electron chi connectivity index (χ2n) is 4.95. The normalized spacial score (nSPS) is 12.4. The number of hydrogen-bond acceptors (Lipinski definition) is 3. The van der Waals surface area contributed by atoms with E-state index in [1.54, 1.807) is 6.08 Å². The van der Waals surface area contributed by atoms with Crippen LogP contribution in [0.1, 0.15) is 25.3 Å². The zero-order chi connectivity index (χ0) is 15.0. The van der Waals surface area contributed by atoms with Gasteiger partial charge in [-0.15, -0.1) is 0 Å². The first kappa shape index (κ1) is 16.2. The topological polar surface area (TPSA) is 52.6 Å². The summed E-state index contributed by atoms with van der Waals surface area (Å²) in [5, 5.41) is 11.8. The Labute approximate surface area is 121 Å². The van der Waals surface area contributed by atoms with Crippen LogP contribution in [0.15, 0.2) is 30.3 Å². The highest BCUT2D eigenvalue weighted by Gasteiger charge is 2.06. The van der Waals surface area contributed by atoms with Crippen molar-refractivity contribution in [2.75, 3.05) is 25.6 Å². The highest BCUT2D eigenvalue weighted by molar-refractivity contribution is 5.91. The molecule has 1 aromatic carbocycles. The van der Waals surface area contributed by atoms with Crippen LogP contribution in [0.25, 0.3) is 6.08 Å². The molecule has 0 saturated heterocycles. The Morgan fingerprint density at radius 2 is 2.00 bits per heavy atom. The number of aliphatic hydroxyl groups is 1. The molecule has 1 aromatic rings. The van der Waals surface area contributed by atoms with E-state index in [-0.39, 0.29) is 18.6 Å². The number of nitrogens with one attached hydrogen (secondary N) is 1. The lowest BCUT2D eigenvalue weighted by Crippen LogP contribution is -2.33. The summed E-state index contributed by atoms with van der Waals surface area (Å²) in [6, 6.07) is 8.01. The van der Waals surface area contributed by atoms with Crippen LogP contribution in [0.5, 0.6) is 0 Å². The SMILES string of the molecule is CCC(CCO)NC(=O)/C=C/c1ccc(N(C)C)cc1. The molecule has 110 valence electrons. The lowest BCUT2D eigenvalue weighted by atomic mass is 10.1. The van der Waals surface area contributed by atoms with Crippen molar-refractivity contribution in [3.63, 3.8) is 0 Å². The number of carbonyl (C=O) groups excluding carboxylic acids is 1. The van der Waals surface area contributed by atoms with Gasteiger partial charge >= 0.3 is 0 Å². The molecular formula is C16H24N2O2. The number of aliphatic hydroxyl groups excluding tert-OH is 1. The van der Waals surface area contributed by atoms with Crippen molar-refractivity contribution in [1.29, 1.82) is 0 Å². The predicted molar refractivity (Wildman–Crippen MR) is 83.7 cm³/mol. The van der Waals surface area contributed by atoms with E-state index < -0.39 is 0 Å². The Morgan fingerprint density at radius 1 is 1.35 bits per heavy atom. The van der Waals surface area contributed by atoms with E-state index in [0.29, 0.717) is 6.42 Å². The molecule has 4 nitrogen and oxygen atoms in total. The van der Waals surface area contributed by atoms with Crippen molar-refractivity contribution >= 4 is 17.7 Å². The minimum absolute atomic E-state index is 0.0354. The highest BCUT2D eigenvalue weighted by atomic mass is 16.3. The summed E-state index contributed by atoms with van der Waals surface area (Å²) in [6.07, 6.45) is 4.73. The molecule has 1 amide bonds. The number of nitrogens with zero attached hydrogens (tertiary/aromatic N) is 1. The summed E-state index contributed by atoms with van der Waals surface area (Å²) in [5.41, 5.74) is 2.11. The number of amides is 1. The van der Waals surface area contributed by atoms with Crippen LogP contribution in [-0.2, 0) is 4.79 Å². The Morgan fingerprint density at radius 3 is 2.50 bits per heavy atom. The molecule has 4 heteroatoms. The van der Waals surface area contributed by atoms with Crippen LogP contribution in [-0.4, -0.2) is 37.8 Å². The fraction of sp³-hybridized carbons (Fsp3) is 0.438. The number of hydrogen-bond donors (Lipinski definition) is 2. The number of benzene rings is 1. The predicted octanol–water partition coefficient (Wildman–Crippen LogP) is 2.04. The smallest absolute Gasteiger partial charge is 0.244 e. The molecule has 0 heterocycles. The summed E-state index contributed by atoms with van der Waals surface area (Å²) >= 11 is 0. The Hall–Kier alpha value is -1.81. The summed E-state index contributed by atoms with van der Waals surface area (Å²) in [4.78, 5) is 13.8. The van der Waals surface area contributed by atoms with E-state index in [1.807, 2.05) is 50.2 Å². The standard InChI is InChI=1S/C16H24N2O2/c1-4-14(11-12-19)17-16(20)10-7-13-5-8-15(9-6-13)18(2)3/h5-10,14,19H,4,11-12H2,1-3H3,(H,17,20)/b10-7+. The first-order valence-electron chi connectivity index (χ1n) is 6.93. The van der Waals surface area contributed by atoms with E-state index >= 15 is 0 Å². The molecule has 1 atom stereocenters. The Bertz CT molecular complexity index is 438. The molecule has 0 aliphatic carbocycles. The monoisotopic (exact) mass is 276 g/mol. The zero-order valence-corrected chi connectivity index (χ0v) is 12.5. The van der Waals surface area contributed by atoms with Gasteiger partial charge in [0.2, 0.25) is 5.91 Å². The van der Waals surface area contributed by atoms with Gasteiger partial charge in [-0.1, -0.05) is 19.1 Å². The Kier molecular flexibility index (Phi) is 6.81. The van der Waals surface area contributed by atoms with Crippen molar-refractivity contribution in [2.45, 2.75) is 25.8 Å². The Balaban J connectivity index is 2.56. The summed E-state index contributed by atoms with van der Waals surface area (Å²) in [5.74, 6) is -0.123. The first-order valence-corrected chi connectivity index (χ1v) is 6.93. The zero-order valence-electron chi connectivity index (χ0n) is 12.5. The van der Waals surface area contributed by atoms with Gasteiger partial charge in [-0.3, -0.25) is 4.79 Å². The molecule has 0 bridgehead atoms. The molecule has 0 radical (unpaired) electrons. The lowest BCUT2D eigenvalue weighted by molar-refractivity contribution is -0.117. The number of carbonyl (C=O) groups is 1. The van der Waals surface area contributed by atoms with Crippen molar-refractivity contribution in [1.82, 2.24) is 5.32 Å². The fourth-order valence-electron chi connectivity index (χ4n) is 1.84. The summed E-state index contributed by atoms with van der Waals surface area (Å²) in [6.45, 7) is 2.08. The van der Waals surface area contributed by atoms with E-state index in [4.69, 9.17) is 5.11 Å². The van der Waals surface area contributed by atoms with Crippen molar-refractivity contribution in [3.8, 4) is 0 Å². The molecular weight excluding hydrogens is 252 g/mol. The molecule has 0 aliphatic rings. The van der Waals surface area contributed by atoms with E-state index in [2.05, 4.69) is 5.32 Å². The van der Waals surface area contributed by atoms with Crippen molar-refractivity contribution in [3.05, 3.63) is 35.9 Å². The average Bonchev–Trinajstić information content (AvgIpc) is 2.45. The molecule has 20 heavy (non-hydrogen) atoms. The van der Waals surface area contributed by atoms with Crippen LogP contribution in [0.4, 0.5) is 5.69 Å². The maximum absolute atomic E-state index is 11.7. The minimum atomic E-state index is -0.123. The van der Waals surface area contributed by atoms with Gasteiger partial charge in [0.05, 0.1) is 0 Å². The molecule has 2 N–H and O–H groups in total. The molecule has 0 spiro atoms. The molecule has 1 rings (SSSR count). The summed E-state index contributed by atoms with van der Waals surface area (Å²) < 4.78 is 0. The van der Waals surface area contributed by atoms with Crippen molar-refractivity contribution < 1.29 is 9.90 Å². The molecule has 0 aliphatic heterocycles. The van der Waals surface area contributed by atoms with Gasteiger partial charge < -0.3 is 15.3 Å². The van der Waals surface area contributed by atoms with E-state index in [9.17, 15) is 4.79 Å². The summed E-state index contributed by atoms with van der Waals surface area (Å²) in [7, 11) is 3.98.